The normalized spacial score (nSPS) is 10.9. The number of carboxylic acids is 1. The van der Waals surface area contributed by atoms with Crippen molar-refractivity contribution in [2.45, 2.75) is 26.7 Å². The highest BCUT2D eigenvalue weighted by atomic mass is 32.1. The van der Waals surface area contributed by atoms with E-state index in [0.29, 0.717) is 11.0 Å². The highest BCUT2D eigenvalue weighted by Crippen LogP contribution is 2.36. The maximum atomic E-state index is 12.5. The number of nitrogens with one attached hydrogen (secondary N) is 1. The molecule has 1 amide bonds. The SMILES string of the molecule is Cc1ccc(C(C)C)c(OCC(=O)Nc2nc(-c3ccc(-c4ccc(C(=O)O)cc4)s3)cs2)c1. The number of aryl methyl sites for hydroxylation is 1. The molecule has 6 nitrogen and oxygen atoms in total. The summed E-state index contributed by atoms with van der Waals surface area (Å²) < 4.78 is 5.81. The fourth-order valence-electron chi connectivity index (χ4n) is 3.39. The van der Waals surface area contributed by atoms with Crippen LogP contribution in [0.15, 0.2) is 60.0 Å². The molecule has 0 unspecified atom stereocenters. The van der Waals surface area contributed by atoms with Crippen molar-refractivity contribution in [3.05, 3.63) is 76.7 Å². The number of aromatic carboxylic acids is 1. The van der Waals surface area contributed by atoms with Crippen molar-refractivity contribution in [3.63, 3.8) is 0 Å². The van der Waals surface area contributed by atoms with E-state index in [1.54, 1.807) is 35.6 Å². The number of thiazole rings is 1. The summed E-state index contributed by atoms with van der Waals surface area (Å²) in [7, 11) is 0. The molecule has 0 aliphatic heterocycles. The molecule has 2 aromatic carbocycles. The standard InChI is InChI=1S/C26H24N2O4S2/c1-15(2)19-9-4-16(3)12-21(19)32-13-24(29)28-26-27-20(14-33-26)23-11-10-22(34-23)17-5-7-18(8-6-17)25(30)31/h4-12,14-15H,13H2,1-3H3,(H,30,31)(H,27,28,29). The molecular weight excluding hydrogens is 468 g/mol. The molecule has 34 heavy (non-hydrogen) atoms. The average Bonchev–Trinajstić information content (AvgIpc) is 3.47. The number of anilines is 1. The van der Waals surface area contributed by atoms with Crippen LogP contribution in [-0.2, 0) is 4.79 Å². The number of ether oxygens (including phenoxy) is 1. The van der Waals surface area contributed by atoms with E-state index in [-0.39, 0.29) is 18.1 Å². The fourth-order valence-corrected chi connectivity index (χ4v) is 5.17. The maximum absolute atomic E-state index is 12.5. The lowest BCUT2D eigenvalue weighted by Gasteiger charge is -2.14. The van der Waals surface area contributed by atoms with Gasteiger partial charge in [-0.3, -0.25) is 10.1 Å². The average molecular weight is 493 g/mol. The van der Waals surface area contributed by atoms with Gasteiger partial charge in [-0.1, -0.05) is 38.1 Å². The first kappa shape index (κ1) is 23.7. The Balaban J connectivity index is 1.39. The van der Waals surface area contributed by atoms with Crippen molar-refractivity contribution < 1.29 is 19.4 Å². The number of carboxylic acid groups (broad SMARTS) is 1. The van der Waals surface area contributed by atoms with Gasteiger partial charge >= 0.3 is 5.97 Å². The van der Waals surface area contributed by atoms with Crippen LogP contribution in [0.25, 0.3) is 21.0 Å². The predicted octanol–water partition coefficient (Wildman–Crippen LogP) is 6.69. The Bertz CT molecular complexity index is 1320. The van der Waals surface area contributed by atoms with Gasteiger partial charge < -0.3 is 9.84 Å². The van der Waals surface area contributed by atoms with Crippen LogP contribution in [0.1, 0.15) is 41.3 Å². The molecule has 4 rings (SSSR count). The van der Waals surface area contributed by atoms with E-state index in [2.05, 4.69) is 24.1 Å². The minimum atomic E-state index is -0.944. The number of carbonyl (C=O) groups excluding carboxylic acids is 1. The number of rotatable bonds is 8. The second-order valence-electron chi connectivity index (χ2n) is 8.12. The van der Waals surface area contributed by atoms with Crippen molar-refractivity contribution in [1.82, 2.24) is 4.98 Å². The summed E-state index contributed by atoms with van der Waals surface area (Å²) >= 11 is 2.92. The topological polar surface area (TPSA) is 88.5 Å². The van der Waals surface area contributed by atoms with E-state index in [4.69, 9.17) is 9.84 Å². The third kappa shape index (κ3) is 5.52. The van der Waals surface area contributed by atoms with Gasteiger partial charge in [-0.15, -0.1) is 22.7 Å². The molecule has 0 saturated carbocycles. The maximum Gasteiger partial charge on any atom is 0.335 e. The number of aromatic nitrogens is 1. The Hall–Kier alpha value is -3.49. The summed E-state index contributed by atoms with van der Waals surface area (Å²) in [6.07, 6.45) is 0. The molecule has 0 aliphatic rings. The summed E-state index contributed by atoms with van der Waals surface area (Å²) in [5.74, 6) is -0.180. The van der Waals surface area contributed by atoms with Gasteiger partial charge in [-0.05, 0) is 59.9 Å². The summed E-state index contributed by atoms with van der Waals surface area (Å²) in [5.41, 5.74) is 4.13. The zero-order chi connectivity index (χ0) is 24.2. The monoisotopic (exact) mass is 492 g/mol. The molecule has 2 heterocycles. The number of hydrogen-bond acceptors (Lipinski definition) is 6. The zero-order valence-corrected chi connectivity index (χ0v) is 20.6. The highest BCUT2D eigenvalue weighted by molar-refractivity contribution is 7.19. The Morgan fingerprint density at radius 2 is 1.79 bits per heavy atom. The zero-order valence-electron chi connectivity index (χ0n) is 19.0. The molecule has 0 radical (unpaired) electrons. The van der Waals surface area contributed by atoms with E-state index in [9.17, 15) is 9.59 Å². The van der Waals surface area contributed by atoms with Crippen LogP contribution in [0.5, 0.6) is 5.75 Å². The van der Waals surface area contributed by atoms with Gasteiger partial charge in [0.1, 0.15) is 5.75 Å². The molecule has 0 bridgehead atoms. The third-order valence-corrected chi connectivity index (χ3v) is 7.09. The lowest BCUT2D eigenvalue weighted by molar-refractivity contribution is -0.118. The van der Waals surface area contributed by atoms with Crippen LogP contribution >= 0.6 is 22.7 Å². The first-order valence-electron chi connectivity index (χ1n) is 10.7. The van der Waals surface area contributed by atoms with Crippen molar-refractivity contribution in [2.75, 3.05) is 11.9 Å². The second kappa shape index (κ2) is 10.2. The fraction of sp³-hybridized carbons (Fsp3) is 0.192. The van der Waals surface area contributed by atoms with Crippen molar-refractivity contribution >= 4 is 39.7 Å². The molecule has 0 saturated heterocycles. The molecule has 2 aromatic heterocycles. The van der Waals surface area contributed by atoms with Crippen LogP contribution in [0.3, 0.4) is 0 Å². The highest BCUT2D eigenvalue weighted by Gasteiger charge is 2.14. The van der Waals surface area contributed by atoms with Gasteiger partial charge in [-0.2, -0.15) is 0 Å². The van der Waals surface area contributed by atoms with Crippen molar-refractivity contribution in [1.29, 1.82) is 0 Å². The molecule has 0 aliphatic carbocycles. The molecule has 8 heteroatoms. The number of nitrogens with zero attached hydrogens (tertiary/aromatic N) is 1. The van der Waals surface area contributed by atoms with Crippen LogP contribution < -0.4 is 10.1 Å². The molecule has 0 fully saturated rings. The van der Waals surface area contributed by atoms with E-state index in [0.717, 1.165) is 37.9 Å². The number of hydrogen-bond donors (Lipinski definition) is 2. The van der Waals surface area contributed by atoms with Gasteiger partial charge in [0.2, 0.25) is 0 Å². The van der Waals surface area contributed by atoms with Gasteiger partial charge in [0.15, 0.2) is 11.7 Å². The molecule has 2 N–H and O–H groups in total. The van der Waals surface area contributed by atoms with Crippen molar-refractivity contribution in [3.8, 4) is 26.8 Å². The lowest BCUT2D eigenvalue weighted by Crippen LogP contribution is -2.20. The van der Waals surface area contributed by atoms with Gasteiger partial charge in [0, 0.05) is 10.3 Å². The summed E-state index contributed by atoms with van der Waals surface area (Å²) in [4.78, 5) is 30.0. The minimum Gasteiger partial charge on any atom is -0.483 e. The minimum absolute atomic E-state index is 0.0897. The van der Waals surface area contributed by atoms with Crippen LogP contribution in [0.2, 0.25) is 0 Å². The van der Waals surface area contributed by atoms with Crippen LogP contribution in [0, 0.1) is 6.92 Å². The van der Waals surface area contributed by atoms with Crippen molar-refractivity contribution in [2.24, 2.45) is 0 Å². The molecule has 0 atom stereocenters. The molecule has 174 valence electrons. The van der Waals surface area contributed by atoms with Crippen LogP contribution in [0.4, 0.5) is 5.13 Å². The van der Waals surface area contributed by atoms with Gasteiger partial charge in [-0.25, -0.2) is 9.78 Å². The smallest absolute Gasteiger partial charge is 0.335 e. The molecular formula is C26H24N2O4S2. The largest absolute Gasteiger partial charge is 0.483 e. The van der Waals surface area contributed by atoms with Gasteiger partial charge in [0.25, 0.3) is 5.91 Å². The van der Waals surface area contributed by atoms with Gasteiger partial charge in [0.05, 0.1) is 16.1 Å². The Morgan fingerprint density at radius 3 is 2.50 bits per heavy atom. The summed E-state index contributed by atoms with van der Waals surface area (Å²) in [6.45, 7) is 6.09. The van der Waals surface area contributed by atoms with Crippen LogP contribution in [-0.4, -0.2) is 28.6 Å². The van der Waals surface area contributed by atoms with E-state index in [1.165, 1.54) is 11.3 Å². The first-order chi connectivity index (χ1) is 16.3. The molecule has 0 spiro atoms. The van der Waals surface area contributed by atoms with E-state index >= 15 is 0 Å². The third-order valence-electron chi connectivity index (χ3n) is 5.18. The Morgan fingerprint density at radius 1 is 1.06 bits per heavy atom. The summed E-state index contributed by atoms with van der Waals surface area (Å²) in [5, 5.41) is 14.3. The Kier molecular flexibility index (Phi) is 7.09. The number of thiophene rings is 1. The predicted molar refractivity (Wildman–Crippen MR) is 137 cm³/mol. The second-order valence-corrected chi connectivity index (χ2v) is 10.1. The quantitative estimate of drug-likeness (QED) is 0.286. The first-order valence-corrected chi connectivity index (χ1v) is 12.4. The number of carbonyl (C=O) groups is 2. The van der Waals surface area contributed by atoms with E-state index < -0.39 is 5.97 Å². The number of benzene rings is 2. The lowest BCUT2D eigenvalue weighted by atomic mass is 10.0. The molecule has 4 aromatic rings. The summed E-state index contributed by atoms with van der Waals surface area (Å²) in [6, 6.07) is 16.8. The number of amides is 1. The van der Waals surface area contributed by atoms with E-state index in [1.807, 2.05) is 42.6 Å². The Labute approximate surface area is 205 Å².